The minimum Gasteiger partial charge on any atom is -0.379 e. The maximum atomic E-state index is 5.95. The third-order valence-corrected chi connectivity index (χ3v) is 4.88. The van der Waals surface area contributed by atoms with Crippen molar-refractivity contribution >= 4 is 11.6 Å². The first kappa shape index (κ1) is 14.3. The monoisotopic (exact) mass is 299 g/mol. The van der Waals surface area contributed by atoms with Gasteiger partial charge in [-0.25, -0.2) is 0 Å². The number of rotatable bonds is 4. The number of aromatic nitrogens is 2. The lowest BCUT2D eigenvalue weighted by atomic mass is 10.2. The van der Waals surface area contributed by atoms with E-state index in [1.54, 1.807) is 20.4 Å². The smallest absolute Gasteiger partial charge is 0.0848 e. The molecule has 3 atom stereocenters. The summed E-state index contributed by atoms with van der Waals surface area (Å²) in [5, 5.41) is 5.04. The van der Waals surface area contributed by atoms with E-state index in [4.69, 9.17) is 21.1 Å². The van der Waals surface area contributed by atoms with E-state index in [1.807, 2.05) is 10.9 Å². The molecule has 1 aliphatic heterocycles. The molecule has 2 aliphatic rings. The van der Waals surface area contributed by atoms with Crippen LogP contribution >= 0.6 is 11.6 Å². The summed E-state index contributed by atoms with van der Waals surface area (Å²) in [6.07, 6.45) is 7.32. The zero-order chi connectivity index (χ0) is 14.1. The summed E-state index contributed by atoms with van der Waals surface area (Å²) in [5.74, 6) is 0. The lowest BCUT2D eigenvalue weighted by Crippen LogP contribution is -2.32. The highest BCUT2D eigenvalue weighted by Gasteiger charge is 2.40. The quantitative estimate of drug-likeness (QED) is 0.852. The van der Waals surface area contributed by atoms with E-state index in [0.29, 0.717) is 17.1 Å². The molecule has 5 nitrogen and oxygen atoms in total. The maximum absolute atomic E-state index is 5.95. The summed E-state index contributed by atoms with van der Waals surface area (Å²) in [7, 11) is 3.55. The van der Waals surface area contributed by atoms with Gasteiger partial charge < -0.3 is 9.47 Å². The second kappa shape index (κ2) is 6.02. The van der Waals surface area contributed by atoms with Crippen LogP contribution in [0.25, 0.3) is 0 Å². The topological polar surface area (TPSA) is 39.5 Å². The Morgan fingerprint density at radius 3 is 2.45 bits per heavy atom. The normalized spacial score (nSPS) is 32.2. The fourth-order valence-corrected chi connectivity index (χ4v) is 3.70. The minimum atomic E-state index is 0.225. The van der Waals surface area contributed by atoms with Gasteiger partial charge in [-0.3, -0.25) is 9.58 Å². The van der Waals surface area contributed by atoms with Gasteiger partial charge in [0.05, 0.1) is 29.5 Å². The molecule has 0 bridgehead atoms. The average molecular weight is 300 g/mol. The van der Waals surface area contributed by atoms with Crippen LogP contribution < -0.4 is 0 Å². The van der Waals surface area contributed by atoms with Gasteiger partial charge in [-0.1, -0.05) is 11.6 Å². The summed E-state index contributed by atoms with van der Waals surface area (Å²) in [6, 6.07) is 0.992. The predicted molar refractivity (Wildman–Crippen MR) is 77.1 cm³/mol. The molecule has 1 aromatic heterocycles. The molecular formula is C14H22ClN3O2. The first-order valence-corrected chi connectivity index (χ1v) is 7.58. The van der Waals surface area contributed by atoms with Crippen molar-refractivity contribution in [2.75, 3.05) is 27.3 Å². The Morgan fingerprint density at radius 2 is 1.90 bits per heavy atom. The van der Waals surface area contributed by atoms with Crippen LogP contribution in [0.3, 0.4) is 0 Å². The van der Waals surface area contributed by atoms with Gasteiger partial charge in [0.25, 0.3) is 0 Å². The summed E-state index contributed by atoms with van der Waals surface area (Å²) < 4.78 is 13.1. The van der Waals surface area contributed by atoms with Gasteiger partial charge >= 0.3 is 0 Å². The van der Waals surface area contributed by atoms with E-state index in [9.17, 15) is 0 Å². The second-order valence-corrected chi connectivity index (χ2v) is 6.19. The molecule has 1 unspecified atom stereocenters. The summed E-state index contributed by atoms with van der Waals surface area (Å²) >= 11 is 5.95. The fourth-order valence-electron chi connectivity index (χ4n) is 3.56. The average Bonchev–Trinajstić information content (AvgIpc) is 3.15. The molecule has 3 rings (SSSR count). The highest BCUT2D eigenvalue weighted by molar-refractivity contribution is 6.30. The third-order valence-electron chi connectivity index (χ3n) is 4.68. The molecule has 1 saturated carbocycles. The van der Waals surface area contributed by atoms with Crippen molar-refractivity contribution in [1.29, 1.82) is 0 Å². The van der Waals surface area contributed by atoms with Gasteiger partial charge in [0.15, 0.2) is 0 Å². The SMILES string of the molecule is CO[C@@H]1CC(N2CCC(n3cc(Cl)cn3)C2)C[C@H]1OC. The van der Waals surface area contributed by atoms with Gasteiger partial charge in [0.1, 0.15) is 0 Å². The lowest BCUT2D eigenvalue weighted by molar-refractivity contribution is -0.0157. The molecule has 0 radical (unpaired) electrons. The van der Waals surface area contributed by atoms with Crippen LogP contribution in [-0.2, 0) is 9.47 Å². The molecule has 112 valence electrons. The predicted octanol–water partition coefficient (Wildman–Crippen LogP) is 1.98. The molecule has 1 aromatic rings. The molecule has 2 heterocycles. The van der Waals surface area contributed by atoms with Crippen molar-refractivity contribution in [1.82, 2.24) is 14.7 Å². The van der Waals surface area contributed by atoms with Crippen LogP contribution in [-0.4, -0.2) is 60.2 Å². The van der Waals surface area contributed by atoms with Crippen LogP contribution in [0.4, 0.5) is 0 Å². The lowest BCUT2D eigenvalue weighted by Gasteiger charge is -2.23. The van der Waals surface area contributed by atoms with Crippen molar-refractivity contribution in [3.63, 3.8) is 0 Å². The van der Waals surface area contributed by atoms with E-state index < -0.39 is 0 Å². The van der Waals surface area contributed by atoms with Gasteiger partial charge in [0, 0.05) is 39.5 Å². The summed E-state index contributed by atoms with van der Waals surface area (Å²) in [5.41, 5.74) is 0. The number of ether oxygens (including phenoxy) is 2. The first-order valence-electron chi connectivity index (χ1n) is 7.20. The van der Waals surface area contributed by atoms with Crippen molar-refractivity contribution < 1.29 is 9.47 Å². The molecule has 0 spiro atoms. The van der Waals surface area contributed by atoms with Gasteiger partial charge in [-0.15, -0.1) is 0 Å². The first-order chi connectivity index (χ1) is 9.71. The van der Waals surface area contributed by atoms with Crippen LogP contribution in [0, 0.1) is 0 Å². The standard InChI is InChI=1S/C14H22ClN3O2/c1-19-13-5-12(6-14(13)20-2)17-4-3-11(9-17)18-8-10(15)7-16-18/h7-8,11-14H,3-6,9H2,1-2H3/t11?,13-,14-/m1/s1. The molecule has 0 aromatic carbocycles. The van der Waals surface area contributed by atoms with Crippen LogP contribution in [0.2, 0.25) is 5.02 Å². The highest BCUT2D eigenvalue weighted by atomic mass is 35.5. The Hall–Kier alpha value is -0.620. The number of hydrogen-bond acceptors (Lipinski definition) is 4. The molecule has 1 saturated heterocycles. The molecule has 2 fully saturated rings. The minimum absolute atomic E-state index is 0.225. The van der Waals surface area contributed by atoms with Gasteiger partial charge in [-0.2, -0.15) is 5.10 Å². The Labute approximate surface area is 124 Å². The Bertz CT molecular complexity index is 441. The van der Waals surface area contributed by atoms with Crippen molar-refractivity contribution in [3.8, 4) is 0 Å². The number of likely N-dealkylation sites (tertiary alicyclic amines) is 1. The Morgan fingerprint density at radius 1 is 1.20 bits per heavy atom. The largest absolute Gasteiger partial charge is 0.379 e. The molecule has 20 heavy (non-hydrogen) atoms. The Kier molecular flexibility index (Phi) is 4.31. The van der Waals surface area contributed by atoms with Crippen LogP contribution in [0.1, 0.15) is 25.3 Å². The van der Waals surface area contributed by atoms with E-state index in [2.05, 4.69) is 10.00 Å². The highest BCUT2D eigenvalue weighted by Crippen LogP contribution is 2.33. The zero-order valence-electron chi connectivity index (χ0n) is 12.0. The third kappa shape index (κ3) is 2.72. The van der Waals surface area contributed by atoms with Crippen molar-refractivity contribution in [2.24, 2.45) is 0 Å². The Balaban J connectivity index is 1.60. The molecule has 6 heteroatoms. The summed E-state index contributed by atoms with van der Waals surface area (Å²) in [4.78, 5) is 2.55. The number of nitrogens with zero attached hydrogens (tertiary/aromatic N) is 3. The number of methoxy groups -OCH3 is 2. The van der Waals surface area contributed by atoms with Gasteiger partial charge in [0.2, 0.25) is 0 Å². The summed E-state index contributed by atoms with van der Waals surface area (Å²) in [6.45, 7) is 2.15. The fraction of sp³-hybridized carbons (Fsp3) is 0.786. The van der Waals surface area contributed by atoms with Gasteiger partial charge in [-0.05, 0) is 19.3 Å². The van der Waals surface area contributed by atoms with Crippen LogP contribution in [0.15, 0.2) is 12.4 Å². The van der Waals surface area contributed by atoms with E-state index in [1.165, 1.54) is 0 Å². The number of halogens is 1. The van der Waals surface area contributed by atoms with Crippen LogP contribution in [0.5, 0.6) is 0 Å². The molecular weight excluding hydrogens is 278 g/mol. The number of hydrogen-bond donors (Lipinski definition) is 0. The van der Waals surface area contributed by atoms with E-state index >= 15 is 0 Å². The molecule has 0 N–H and O–H groups in total. The molecule has 1 aliphatic carbocycles. The second-order valence-electron chi connectivity index (χ2n) is 5.75. The van der Waals surface area contributed by atoms with Crippen molar-refractivity contribution in [2.45, 2.75) is 43.6 Å². The zero-order valence-corrected chi connectivity index (χ0v) is 12.8. The van der Waals surface area contributed by atoms with E-state index in [0.717, 1.165) is 32.4 Å². The maximum Gasteiger partial charge on any atom is 0.0848 e. The van der Waals surface area contributed by atoms with E-state index in [-0.39, 0.29) is 12.2 Å². The van der Waals surface area contributed by atoms with Crippen molar-refractivity contribution in [3.05, 3.63) is 17.4 Å². The molecule has 0 amide bonds.